The van der Waals surface area contributed by atoms with E-state index in [9.17, 15) is 4.79 Å². The molecule has 0 aliphatic carbocycles. The molecule has 0 radical (unpaired) electrons. The molecule has 1 aromatic carbocycles. The number of aryl methyl sites for hydroxylation is 2. The van der Waals surface area contributed by atoms with Crippen LogP contribution in [0.4, 0.5) is 0 Å². The Balaban J connectivity index is 1.85. The predicted molar refractivity (Wildman–Crippen MR) is 79.3 cm³/mol. The first-order valence-electron chi connectivity index (χ1n) is 7.11. The maximum atomic E-state index is 12.4. The quantitative estimate of drug-likeness (QED) is 0.921. The van der Waals surface area contributed by atoms with E-state index in [4.69, 9.17) is 4.74 Å². The van der Waals surface area contributed by atoms with Crippen LogP contribution in [0.3, 0.4) is 0 Å². The van der Waals surface area contributed by atoms with Gasteiger partial charge in [0.25, 0.3) is 5.91 Å². The molecule has 110 valence electrons. The Labute approximate surface area is 123 Å². The molecule has 1 amide bonds. The fourth-order valence-electron chi connectivity index (χ4n) is 2.79. The summed E-state index contributed by atoms with van der Waals surface area (Å²) in [7, 11) is 1.82. The second kappa shape index (κ2) is 5.24. The van der Waals surface area contributed by atoms with E-state index in [0.717, 1.165) is 23.3 Å². The molecule has 5 heteroatoms. The van der Waals surface area contributed by atoms with Crippen molar-refractivity contribution in [3.8, 4) is 5.75 Å². The third-order valence-electron chi connectivity index (χ3n) is 3.72. The van der Waals surface area contributed by atoms with E-state index in [0.29, 0.717) is 5.69 Å². The highest BCUT2D eigenvalue weighted by atomic mass is 16.5. The molecule has 0 saturated carbocycles. The minimum atomic E-state index is -0.137. The number of benzene rings is 1. The molecule has 1 N–H and O–H groups in total. The Hall–Kier alpha value is -2.30. The van der Waals surface area contributed by atoms with Crippen LogP contribution in [0.2, 0.25) is 0 Å². The second-order valence-electron chi connectivity index (χ2n) is 5.56. The van der Waals surface area contributed by atoms with Crippen molar-refractivity contribution in [1.82, 2.24) is 15.1 Å². The topological polar surface area (TPSA) is 56.2 Å². The van der Waals surface area contributed by atoms with E-state index in [1.54, 1.807) is 4.68 Å². The summed E-state index contributed by atoms with van der Waals surface area (Å²) in [6, 6.07) is 7.80. The van der Waals surface area contributed by atoms with Gasteiger partial charge in [0.15, 0.2) is 5.69 Å². The Bertz CT molecular complexity index is 678. The zero-order valence-corrected chi connectivity index (χ0v) is 12.5. The van der Waals surface area contributed by atoms with Crippen molar-refractivity contribution < 1.29 is 9.53 Å². The lowest BCUT2D eigenvalue weighted by Gasteiger charge is -2.30. The van der Waals surface area contributed by atoms with Crippen molar-refractivity contribution in [1.29, 1.82) is 0 Å². The van der Waals surface area contributed by atoms with E-state index < -0.39 is 0 Å². The average Bonchev–Trinajstić information content (AvgIpc) is 2.77. The number of nitrogens with zero attached hydrogens (tertiary/aromatic N) is 2. The first kappa shape index (κ1) is 13.7. The molecule has 3 rings (SSSR count). The van der Waals surface area contributed by atoms with Crippen LogP contribution >= 0.6 is 0 Å². The highest BCUT2D eigenvalue weighted by Gasteiger charge is 2.28. The van der Waals surface area contributed by atoms with Crippen molar-refractivity contribution in [2.45, 2.75) is 32.4 Å². The number of hydrogen-bond acceptors (Lipinski definition) is 3. The van der Waals surface area contributed by atoms with Crippen LogP contribution in [-0.2, 0) is 7.05 Å². The first-order valence-corrected chi connectivity index (χ1v) is 7.11. The summed E-state index contributed by atoms with van der Waals surface area (Å²) in [4.78, 5) is 12.4. The van der Waals surface area contributed by atoms with Crippen LogP contribution in [0.5, 0.6) is 5.75 Å². The maximum absolute atomic E-state index is 12.4. The van der Waals surface area contributed by atoms with Gasteiger partial charge in [-0.15, -0.1) is 0 Å². The van der Waals surface area contributed by atoms with E-state index in [2.05, 4.69) is 10.4 Å². The number of para-hydroxylation sites is 1. The Morgan fingerprint density at radius 3 is 2.90 bits per heavy atom. The van der Waals surface area contributed by atoms with Crippen LogP contribution in [-0.4, -0.2) is 21.8 Å². The van der Waals surface area contributed by atoms with Gasteiger partial charge in [0.2, 0.25) is 0 Å². The van der Waals surface area contributed by atoms with E-state index in [1.807, 2.05) is 51.4 Å². The zero-order chi connectivity index (χ0) is 15.0. The summed E-state index contributed by atoms with van der Waals surface area (Å²) < 4.78 is 7.46. The van der Waals surface area contributed by atoms with Crippen LogP contribution in [0.25, 0.3) is 0 Å². The molecule has 1 aliphatic heterocycles. The van der Waals surface area contributed by atoms with Crippen molar-refractivity contribution in [2.24, 2.45) is 7.05 Å². The summed E-state index contributed by atoms with van der Waals surface area (Å²) in [6.45, 7) is 3.91. The summed E-state index contributed by atoms with van der Waals surface area (Å²) in [5, 5.41) is 7.31. The molecule has 0 saturated heterocycles. The van der Waals surface area contributed by atoms with Crippen molar-refractivity contribution in [3.63, 3.8) is 0 Å². The minimum absolute atomic E-state index is 0.0427. The van der Waals surface area contributed by atoms with Crippen LogP contribution in [0, 0.1) is 6.92 Å². The van der Waals surface area contributed by atoms with Gasteiger partial charge in [-0.2, -0.15) is 5.10 Å². The van der Waals surface area contributed by atoms with Gasteiger partial charge in [-0.3, -0.25) is 9.48 Å². The molecular formula is C16H19N3O2. The summed E-state index contributed by atoms with van der Waals surface area (Å²) >= 11 is 0. The number of nitrogens with one attached hydrogen (secondary N) is 1. The summed E-state index contributed by atoms with van der Waals surface area (Å²) in [6.07, 6.45) is 2.68. The van der Waals surface area contributed by atoms with E-state index in [-0.39, 0.29) is 18.1 Å². The number of aromatic nitrogens is 2. The van der Waals surface area contributed by atoms with Gasteiger partial charge < -0.3 is 10.1 Å². The monoisotopic (exact) mass is 285 g/mol. The number of rotatable bonds is 2. The molecule has 0 unspecified atom stereocenters. The Morgan fingerprint density at radius 1 is 1.43 bits per heavy atom. The van der Waals surface area contributed by atoms with Crippen LogP contribution < -0.4 is 10.1 Å². The second-order valence-corrected chi connectivity index (χ2v) is 5.56. The summed E-state index contributed by atoms with van der Waals surface area (Å²) in [5.41, 5.74) is 2.38. The van der Waals surface area contributed by atoms with Gasteiger partial charge in [0.05, 0.1) is 12.1 Å². The van der Waals surface area contributed by atoms with Gasteiger partial charge in [-0.05, 0) is 19.9 Å². The van der Waals surface area contributed by atoms with Crippen molar-refractivity contribution >= 4 is 5.91 Å². The lowest BCUT2D eigenvalue weighted by molar-refractivity contribution is 0.0900. The zero-order valence-electron chi connectivity index (χ0n) is 12.5. The highest BCUT2D eigenvalue weighted by molar-refractivity contribution is 5.93. The van der Waals surface area contributed by atoms with Gasteiger partial charge in [0.1, 0.15) is 5.75 Å². The normalized spacial score (nSPS) is 20.5. The highest BCUT2D eigenvalue weighted by Crippen LogP contribution is 2.34. The van der Waals surface area contributed by atoms with Gasteiger partial charge in [-0.1, -0.05) is 18.2 Å². The van der Waals surface area contributed by atoms with Gasteiger partial charge in [-0.25, -0.2) is 0 Å². The largest absolute Gasteiger partial charge is 0.490 e. The van der Waals surface area contributed by atoms with Gasteiger partial charge >= 0.3 is 0 Å². The number of carbonyl (C=O) groups excluding carboxylic acids is 1. The number of amides is 1. The molecule has 0 spiro atoms. The third kappa shape index (κ3) is 2.63. The molecule has 5 nitrogen and oxygen atoms in total. The van der Waals surface area contributed by atoms with E-state index in [1.165, 1.54) is 0 Å². The standard InChI is InChI=1S/C16H19N3O2/c1-10-9-19(3)18-15(10)16(20)17-13-8-11(2)21-14-7-5-4-6-12(13)14/h4-7,9,11,13H,8H2,1-3H3,(H,17,20)/t11-,13-/m1/s1. The molecule has 0 bridgehead atoms. The molecule has 1 aromatic heterocycles. The molecular weight excluding hydrogens is 266 g/mol. The van der Waals surface area contributed by atoms with Gasteiger partial charge in [0, 0.05) is 30.8 Å². The fraction of sp³-hybridized carbons (Fsp3) is 0.375. The summed E-state index contributed by atoms with van der Waals surface area (Å²) in [5.74, 6) is 0.710. The van der Waals surface area contributed by atoms with Crippen molar-refractivity contribution in [3.05, 3.63) is 47.3 Å². The van der Waals surface area contributed by atoms with Crippen LogP contribution in [0.1, 0.15) is 41.0 Å². The molecule has 2 aromatic rings. The number of carbonyl (C=O) groups is 1. The Kier molecular flexibility index (Phi) is 3.41. The fourth-order valence-corrected chi connectivity index (χ4v) is 2.79. The number of hydrogen-bond donors (Lipinski definition) is 1. The lowest BCUT2D eigenvalue weighted by atomic mass is 9.97. The maximum Gasteiger partial charge on any atom is 0.272 e. The number of ether oxygens (including phenoxy) is 1. The third-order valence-corrected chi connectivity index (χ3v) is 3.72. The predicted octanol–water partition coefficient (Wildman–Crippen LogP) is 2.37. The molecule has 2 atom stereocenters. The van der Waals surface area contributed by atoms with Crippen molar-refractivity contribution in [2.75, 3.05) is 0 Å². The van der Waals surface area contributed by atoms with Crippen LogP contribution in [0.15, 0.2) is 30.5 Å². The van der Waals surface area contributed by atoms with E-state index >= 15 is 0 Å². The molecule has 1 aliphatic rings. The smallest absolute Gasteiger partial charge is 0.272 e. The molecule has 0 fully saturated rings. The number of fused-ring (bicyclic) bond motifs is 1. The molecule has 2 heterocycles. The average molecular weight is 285 g/mol. The first-order chi connectivity index (χ1) is 10.0. The Morgan fingerprint density at radius 2 is 2.19 bits per heavy atom. The lowest BCUT2D eigenvalue weighted by Crippen LogP contribution is -2.35. The molecule has 21 heavy (non-hydrogen) atoms. The minimum Gasteiger partial charge on any atom is -0.490 e. The SMILES string of the molecule is Cc1cn(C)nc1C(=O)N[C@@H]1C[C@@H](C)Oc2ccccc21.